The van der Waals surface area contributed by atoms with Gasteiger partial charge < -0.3 is 24.6 Å². The van der Waals surface area contributed by atoms with E-state index in [1.165, 1.54) is 89.9 Å². The maximum Gasteiger partial charge on any atom is 0.469 e. The number of ether oxygens (including phenoxy) is 2. The van der Waals surface area contributed by atoms with E-state index < -0.39 is 32.5 Å². The zero-order valence-corrected chi connectivity index (χ0v) is 30.2. The predicted molar refractivity (Wildman–Crippen MR) is 183 cm³/mol. The molecule has 0 bridgehead atoms. The number of unbranched alkanes of at least 4 members (excludes halogenated alkanes) is 22. The molecule has 0 aromatic carbocycles. The molecule has 0 aromatic heterocycles. The molecule has 46 heavy (non-hydrogen) atoms. The molecule has 3 N–H and O–H groups in total. The smallest absolute Gasteiger partial charge is 0.462 e. The highest BCUT2D eigenvalue weighted by Crippen LogP contribution is 2.36. The van der Waals surface area contributed by atoms with E-state index in [-0.39, 0.29) is 25.4 Å². The van der Waals surface area contributed by atoms with Crippen LogP contribution in [0.15, 0.2) is 0 Å². The minimum Gasteiger partial charge on any atom is -0.462 e. The quantitative estimate of drug-likeness (QED) is 0.0345. The number of esters is 2. The Hall–Kier alpha value is -1.48. The Bertz CT molecular complexity index is 790. The van der Waals surface area contributed by atoms with Gasteiger partial charge in [0.25, 0.3) is 0 Å². The van der Waals surface area contributed by atoms with Crippen LogP contribution < -0.4 is 5.32 Å². The summed E-state index contributed by atoms with van der Waals surface area (Å²) in [5.41, 5.74) is 0. The second-order valence-corrected chi connectivity index (χ2v) is 13.9. The summed E-state index contributed by atoms with van der Waals surface area (Å²) < 4.78 is 26.2. The molecule has 0 rings (SSSR count). The summed E-state index contributed by atoms with van der Waals surface area (Å²) in [6, 6.07) is 0. The van der Waals surface area contributed by atoms with E-state index in [2.05, 4.69) is 16.8 Å². The van der Waals surface area contributed by atoms with Gasteiger partial charge in [-0.3, -0.25) is 18.9 Å². The van der Waals surface area contributed by atoms with Crippen LogP contribution in [0.2, 0.25) is 0 Å². The van der Waals surface area contributed by atoms with Crippen molar-refractivity contribution in [1.82, 2.24) is 5.32 Å². The van der Waals surface area contributed by atoms with Gasteiger partial charge in [0.2, 0.25) is 5.91 Å². The first-order chi connectivity index (χ1) is 22.1. The van der Waals surface area contributed by atoms with Crippen molar-refractivity contribution in [3.63, 3.8) is 0 Å². The lowest BCUT2D eigenvalue weighted by molar-refractivity contribution is -0.161. The minimum absolute atomic E-state index is 0.0387. The Kier molecular flexibility index (Phi) is 31.1. The maximum absolute atomic E-state index is 12.3. The molecule has 0 saturated heterocycles. The van der Waals surface area contributed by atoms with Gasteiger partial charge in [0.15, 0.2) is 6.10 Å². The lowest BCUT2D eigenvalue weighted by atomic mass is 10.0. The number of nitrogens with one attached hydrogen (secondary N) is 1. The van der Waals surface area contributed by atoms with E-state index in [9.17, 15) is 18.9 Å². The third-order valence-corrected chi connectivity index (χ3v) is 8.56. The van der Waals surface area contributed by atoms with Crippen LogP contribution in [-0.4, -0.2) is 53.5 Å². The van der Waals surface area contributed by atoms with Crippen molar-refractivity contribution in [2.75, 3.05) is 19.8 Å². The van der Waals surface area contributed by atoms with Crippen molar-refractivity contribution in [1.29, 1.82) is 0 Å². The average Bonchev–Trinajstić information content (AvgIpc) is 3.00. The van der Waals surface area contributed by atoms with E-state index in [1.807, 2.05) is 0 Å². The molecule has 0 saturated carbocycles. The number of hydrogen-bond acceptors (Lipinski definition) is 7. The lowest BCUT2D eigenvalue weighted by Gasteiger charge is -2.18. The number of carbonyl (C=O) groups excluding carboxylic acids is 3. The van der Waals surface area contributed by atoms with Crippen molar-refractivity contribution in [2.45, 2.75) is 187 Å². The van der Waals surface area contributed by atoms with Gasteiger partial charge in [-0.2, -0.15) is 0 Å². The Labute approximate surface area is 280 Å². The largest absolute Gasteiger partial charge is 0.469 e. The molecule has 11 heteroatoms. The van der Waals surface area contributed by atoms with Gasteiger partial charge in [-0.1, -0.05) is 142 Å². The van der Waals surface area contributed by atoms with Crippen LogP contribution in [0.25, 0.3) is 0 Å². The summed E-state index contributed by atoms with van der Waals surface area (Å²) in [5.74, 6) is -0.867. The van der Waals surface area contributed by atoms with Crippen LogP contribution in [0.4, 0.5) is 0 Å². The van der Waals surface area contributed by atoms with Crippen molar-refractivity contribution >= 4 is 25.7 Å². The monoisotopic (exact) mass is 677 g/mol. The molecule has 272 valence electrons. The van der Waals surface area contributed by atoms with Gasteiger partial charge in [-0.15, -0.1) is 0 Å². The Morgan fingerprint density at radius 3 is 1.39 bits per heavy atom. The van der Waals surface area contributed by atoms with Crippen molar-refractivity contribution in [3.05, 3.63) is 0 Å². The van der Waals surface area contributed by atoms with Gasteiger partial charge in [-0.25, -0.2) is 4.57 Å². The number of phosphoric acid groups is 1. The molecule has 1 atom stereocenters. The van der Waals surface area contributed by atoms with Crippen molar-refractivity contribution in [3.8, 4) is 0 Å². The first-order valence-electron chi connectivity index (χ1n) is 18.4. The molecule has 1 amide bonds. The fraction of sp³-hybridized carbons (Fsp3) is 0.914. The summed E-state index contributed by atoms with van der Waals surface area (Å²) in [6.45, 7) is 3.72. The number of phosphoric ester groups is 1. The number of carbonyl (C=O) groups is 3. The number of hydrogen-bond donors (Lipinski definition) is 3. The number of amides is 1. The molecular formula is C35H68NO9P. The minimum atomic E-state index is -4.75. The summed E-state index contributed by atoms with van der Waals surface area (Å²) in [4.78, 5) is 53.4. The van der Waals surface area contributed by atoms with Gasteiger partial charge in [0.1, 0.15) is 6.61 Å². The van der Waals surface area contributed by atoms with Gasteiger partial charge >= 0.3 is 19.8 Å². The van der Waals surface area contributed by atoms with E-state index in [0.29, 0.717) is 12.8 Å². The third-order valence-electron chi connectivity index (χ3n) is 8.07. The van der Waals surface area contributed by atoms with E-state index in [4.69, 9.17) is 19.3 Å². The van der Waals surface area contributed by atoms with Crippen molar-refractivity contribution < 1.29 is 42.7 Å². The van der Waals surface area contributed by atoms with Crippen LogP contribution >= 0.6 is 7.82 Å². The highest BCUT2D eigenvalue weighted by atomic mass is 31.2. The average molecular weight is 678 g/mol. The molecule has 10 nitrogen and oxygen atoms in total. The molecule has 0 aliphatic carbocycles. The van der Waals surface area contributed by atoms with E-state index in [1.54, 1.807) is 6.92 Å². The second kappa shape index (κ2) is 32.1. The second-order valence-electron chi connectivity index (χ2n) is 12.7. The SMILES string of the molecule is CCCCCCCCCCCCCCC(=O)O[C@@H](COC(=O)CCCCCCCCCCCCCCNC(C)=O)COP(=O)(O)O. The van der Waals surface area contributed by atoms with E-state index >= 15 is 0 Å². The van der Waals surface area contributed by atoms with Gasteiger partial charge in [-0.05, 0) is 19.3 Å². The molecule has 0 aliphatic heterocycles. The molecule has 0 heterocycles. The third kappa shape index (κ3) is 35.4. The number of rotatable bonds is 34. The summed E-state index contributed by atoms with van der Waals surface area (Å²) in [7, 11) is -4.75. The summed E-state index contributed by atoms with van der Waals surface area (Å²) >= 11 is 0. The van der Waals surface area contributed by atoms with Gasteiger partial charge in [0, 0.05) is 26.3 Å². The first kappa shape index (κ1) is 44.5. The van der Waals surface area contributed by atoms with Crippen LogP contribution in [0, 0.1) is 0 Å². The Morgan fingerprint density at radius 2 is 0.978 bits per heavy atom. The van der Waals surface area contributed by atoms with Crippen LogP contribution in [0.3, 0.4) is 0 Å². The first-order valence-corrected chi connectivity index (χ1v) is 20.0. The molecule has 0 spiro atoms. The maximum atomic E-state index is 12.3. The fourth-order valence-corrected chi connectivity index (χ4v) is 5.70. The molecular weight excluding hydrogens is 609 g/mol. The zero-order valence-electron chi connectivity index (χ0n) is 29.3. The molecule has 0 fully saturated rings. The predicted octanol–water partition coefficient (Wildman–Crippen LogP) is 8.85. The highest BCUT2D eigenvalue weighted by Gasteiger charge is 2.22. The fourth-order valence-electron chi connectivity index (χ4n) is 5.34. The Balaban J connectivity index is 3.90. The topological polar surface area (TPSA) is 148 Å². The van der Waals surface area contributed by atoms with E-state index in [0.717, 1.165) is 57.9 Å². The summed E-state index contributed by atoms with van der Waals surface area (Å²) in [6.07, 6.45) is 27.0. The molecule has 0 radical (unpaired) electrons. The summed E-state index contributed by atoms with van der Waals surface area (Å²) in [5, 5.41) is 2.82. The van der Waals surface area contributed by atoms with Crippen LogP contribution in [-0.2, 0) is 32.9 Å². The normalized spacial score (nSPS) is 12.2. The Morgan fingerprint density at radius 1 is 0.587 bits per heavy atom. The standard InChI is InChI=1S/C35H68NO9P/c1-3-4-5-6-7-8-9-12-16-19-22-25-28-35(39)45-33(31-44-46(40,41)42)30-43-34(38)27-24-21-18-15-13-10-11-14-17-20-23-26-29-36-32(2)37/h33H,3-31H2,1-2H3,(H,36,37)(H2,40,41,42)/t33-/m0/s1. The molecule has 0 aliphatic rings. The van der Waals surface area contributed by atoms with Crippen LogP contribution in [0.1, 0.15) is 181 Å². The zero-order chi connectivity index (χ0) is 34.1. The van der Waals surface area contributed by atoms with Gasteiger partial charge in [0.05, 0.1) is 6.61 Å². The molecule has 0 unspecified atom stereocenters. The highest BCUT2D eigenvalue weighted by molar-refractivity contribution is 7.46. The lowest BCUT2D eigenvalue weighted by Crippen LogP contribution is -2.29. The van der Waals surface area contributed by atoms with Crippen molar-refractivity contribution in [2.24, 2.45) is 0 Å². The van der Waals surface area contributed by atoms with Crippen LogP contribution in [0.5, 0.6) is 0 Å². The molecule has 0 aromatic rings.